The van der Waals surface area contributed by atoms with Crippen LogP contribution in [0.2, 0.25) is 0 Å². The second-order valence-corrected chi connectivity index (χ2v) is 7.42. The highest BCUT2D eigenvalue weighted by atomic mass is 32.1. The molecule has 33 heavy (non-hydrogen) atoms. The van der Waals surface area contributed by atoms with E-state index in [0.717, 1.165) is 0 Å². The zero-order valence-electron chi connectivity index (χ0n) is 17.6. The molecule has 4 rings (SSSR count). The molecular formula is C24H20N4O4S. The molecule has 1 aromatic heterocycles. The Labute approximate surface area is 193 Å². The van der Waals surface area contributed by atoms with Gasteiger partial charge in [-0.3, -0.25) is 29.8 Å². The normalized spacial score (nSPS) is 10.6. The predicted molar refractivity (Wildman–Crippen MR) is 127 cm³/mol. The number of nitrogens with one attached hydrogen (secondary N) is 3. The molecule has 166 valence electrons. The van der Waals surface area contributed by atoms with Crippen LogP contribution >= 0.6 is 12.2 Å². The summed E-state index contributed by atoms with van der Waals surface area (Å²) in [6, 6.07) is 20.2. The number of fused-ring (bicyclic) bond motifs is 1. The Morgan fingerprint density at radius 2 is 1.58 bits per heavy atom. The van der Waals surface area contributed by atoms with Crippen LogP contribution in [0.5, 0.6) is 5.75 Å². The van der Waals surface area contributed by atoms with Gasteiger partial charge in [-0.1, -0.05) is 18.2 Å². The van der Waals surface area contributed by atoms with Crippen molar-refractivity contribution >= 4 is 34.9 Å². The van der Waals surface area contributed by atoms with Crippen LogP contribution in [0.25, 0.3) is 16.6 Å². The largest absolute Gasteiger partial charge is 0.494 e. The highest BCUT2D eigenvalue weighted by Crippen LogP contribution is 2.14. The first kappa shape index (κ1) is 22.0. The van der Waals surface area contributed by atoms with Gasteiger partial charge in [-0.15, -0.1) is 0 Å². The fourth-order valence-electron chi connectivity index (χ4n) is 3.30. The maximum atomic E-state index is 13.0. The second kappa shape index (κ2) is 9.49. The number of H-pyrrole nitrogens is 1. The minimum absolute atomic E-state index is 0.208. The summed E-state index contributed by atoms with van der Waals surface area (Å²) < 4.78 is 6.95. The minimum atomic E-state index is -0.539. The van der Waals surface area contributed by atoms with Gasteiger partial charge in [0.15, 0.2) is 4.77 Å². The fourth-order valence-corrected chi connectivity index (χ4v) is 3.60. The molecule has 9 heteroatoms. The van der Waals surface area contributed by atoms with Gasteiger partial charge in [0.25, 0.3) is 17.4 Å². The summed E-state index contributed by atoms with van der Waals surface area (Å²) in [5.74, 6) is -0.363. The van der Waals surface area contributed by atoms with Gasteiger partial charge in [0.05, 0.1) is 23.2 Å². The van der Waals surface area contributed by atoms with Crippen LogP contribution in [-0.2, 0) is 0 Å². The van der Waals surface area contributed by atoms with E-state index in [1.54, 1.807) is 42.5 Å². The molecule has 0 atom stereocenters. The maximum absolute atomic E-state index is 13.0. The number of rotatable bonds is 5. The third kappa shape index (κ3) is 4.68. The molecule has 0 aliphatic heterocycles. The average Bonchev–Trinajstić information content (AvgIpc) is 2.83. The van der Waals surface area contributed by atoms with Crippen LogP contribution in [0.3, 0.4) is 0 Å². The second-order valence-electron chi connectivity index (χ2n) is 7.03. The van der Waals surface area contributed by atoms with Crippen LogP contribution in [-0.4, -0.2) is 28.0 Å². The molecule has 3 N–H and O–H groups in total. The Morgan fingerprint density at radius 1 is 0.939 bits per heavy atom. The number of aromatic nitrogens is 2. The van der Waals surface area contributed by atoms with E-state index in [1.165, 1.54) is 16.7 Å². The zero-order chi connectivity index (χ0) is 23.4. The van der Waals surface area contributed by atoms with Crippen molar-refractivity contribution in [2.45, 2.75) is 6.92 Å². The molecule has 2 amide bonds. The molecule has 0 bridgehead atoms. The van der Waals surface area contributed by atoms with Gasteiger partial charge in [0.1, 0.15) is 5.75 Å². The number of hydrazine groups is 1. The highest BCUT2D eigenvalue weighted by Gasteiger charge is 2.13. The molecular weight excluding hydrogens is 440 g/mol. The van der Waals surface area contributed by atoms with Gasteiger partial charge in [-0.2, -0.15) is 0 Å². The monoisotopic (exact) mass is 460 g/mol. The molecule has 0 saturated carbocycles. The number of benzene rings is 3. The first-order valence-electron chi connectivity index (χ1n) is 10.2. The Morgan fingerprint density at radius 3 is 2.24 bits per heavy atom. The SMILES string of the molecule is CCOc1ccc(C(=O)NNC(=O)c2ccc3c(=O)n(-c4ccccc4)c(=S)[nH]c3c2)cc1. The van der Waals surface area contributed by atoms with Crippen LogP contribution in [0.1, 0.15) is 27.6 Å². The number of amides is 2. The van der Waals surface area contributed by atoms with Crippen LogP contribution in [0.15, 0.2) is 77.6 Å². The number of nitrogens with zero attached hydrogens (tertiary/aromatic N) is 1. The molecule has 1 heterocycles. The van der Waals surface area contributed by atoms with E-state index in [0.29, 0.717) is 34.5 Å². The Kier molecular flexibility index (Phi) is 6.32. The minimum Gasteiger partial charge on any atom is -0.494 e. The van der Waals surface area contributed by atoms with E-state index in [-0.39, 0.29) is 15.9 Å². The number of ether oxygens (including phenoxy) is 1. The lowest BCUT2D eigenvalue weighted by atomic mass is 10.1. The Hall–Kier alpha value is -4.24. The van der Waals surface area contributed by atoms with Gasteiger partial charge < -0.3 is 9.72 Å². The van der Waals surface area contributed by atoms with Crippen molar-refractivity contribution in [3.8, 4) is 11.4 Å². The van der Waals surface area contributed by atoms with Gasteiger partial charge in [-0.05, 0) is 73.7 Å². The summed E-state index contributed by atoms with van der Waals surface area (Å²) >= 11 is 5.36. The molecule has 4 aromatic rings. The first-order chi connectivity index (χ1) is 16.0. The first-order valence-corrected chi connectivity index (χ1v) is 10.6. The fraction of sp³-hybridized carbons (Fsp3) is 0.0833. The maximum Gasteiger partial charge on any atom is 0.269 e. The van der Waals surface area contributed by atoms with E-state index < -0.39 is 11.8 Å². The van der Waals surface area contributed by atoms with Crippen molar-refractivity contribution in [1.82, 2.24) is 20.4 Å². The summed E-state index contributed by atoms with van der Waals surface area (Å²) in [6.07, 6.45) is 0. The number of aromatic amines is 1. The van der Waals surface area contributed by atoms with Gasteiger partial charge in [-0.25, -0.2) is 0 Å². The number of carbonyl (C=O) groups is 2. The molecule has 0 fully saturated rings. The van der Waals surface area contributed by atoms with E-state index >= 15 is 0 Å². The Balaban J connectivity index is 1.52. The summed E-state index contributed by atoms with van der Waals surface area (Å²) in [4.78, 5) is 40.8. The standard InChI is InChI=1S/C24H20N4O4S/c1-2-32-18-11-8-15(9-12-18)21(29)26-27-22(30)16-10-13-19-20(14-16)25-24(33)28(23(19)31)17-6-4-3-5-7-17/h3-14H,2H2,1H3,(H,25,33)(H,26,29)(H,27,30). The number of carbonyl (C=O) groups excluding carboxylic acids is 2. The van der Waals surface area contributed by atoms with E-state index in [4.69, 9.17) is 17.0 Å². The lowest BCUT2D eigenvalue weighted by Gasteiger charge is -2.10. The van der Waals surface area contributed by atoms with E-state index in [1.807, 2.05) is 25.1 Å². The molecule has 0 spiro atoms. The third-order valence-electron chi connectivity index (χ3n) is 4.89. The van der Waals surface area contributed by atoms with E-state index in [9.17, 15) is 14.4 Å². The van der Waals surface area contributed by atoms with E-state index in [2.05, 4.69) is 15.8 Å². The summed E-state index contributed by atoms with van der Waals surface area (Å²) in [5.41, 5.74) is 6.13. The average molecular weight is 461 g/mol. The number of para-hydroxylation sites is 1. The lowest BCUT2D eigenvalue weighted by molar-refractivity contribution is 0.0846. The summed E-state index contributed by atoms with van der Waals surface area (Å²) in [5, 5.41) is 0.377. The molecule has 0 aliphatic rings. The number of hydrogen-bond donors (Lipinski definition) is 3. The quantitative estimate of drug-likeness (QED) is 0.312. The third-order valence-corrected chi connectivity index (χ3v) is 5.18. The van der Waals surface area contributed by atoms with Crippen LogP contribution in [0, 0.1) is 4.77 Å². The summed E-state index contributed by atoms with van der Waals surface area (Å²) in [6.45, 7) is 2.40. The smallest absolute Gasteiger partial charge is 0.269 e. The van der Waals surface area contributed by atoms with Crippen molar-refractivity contribution in [3.05, 3.63) is 99.0 Å². The van der Waals surface area contributed by atoms with Crippen molar-refractivity contribution in [2.75, 3.05) is 6.61 Å². The van der Waals surface area contributed by atoms with Crippen molar-refractivity contribution in [2.24, 2.45) is 0 Å². The van der Waals surface area contributed by atoms with Gasteiger partial charge in [0.2, 0.25) is 0 Å². The molecule has 0 saturated heterocycles. The predicted octanol–water partition coefficient (Wildman–Crippen LogP) is 3.52. The van der Waals surface area contributed by atoms with Gasteiger partial charge >= 0.3 is 0 Å². The van der Waals surface area contributed by atoms with Crippen molar-refractivity contribution in [1.29, 1.82) is 0 Å². The highest BCUT2D eigenvalue weighted by molar-refractivity contribution is 7.71. The summed E-state index contributed by atoms with van der Waals surface area (Å²) in [7, 11) is 0. The van der Waals surface area contributed by atoms with Crippen LogP contribution < -0.4 is 21.1 Å². The van der Waals surface area contributed by atoms with Gasteiger partial charge in [0, 0.05) is 11.1 Å². The number of hydrogen-bond acceptors (Lipinski definition) is 5. The molecule has 8 nitrogen and oxygen atoms in total. The molecule has 3 aromatic carbocycles. The van der Waals surface area contributed by atoms with Crippen molar-refractivity contribution in [3.63, 3.8) is 0 Å². The topological polar surface area (TPSA) is 105 Å². The molecule has 0 radical (unpaired) electrons. The zero-order valence-corrected chi connectivity index (χ0v) is 18.4. The molecule has 0 aliphatic carbocycles. The molecule has 0 unspecified atom stereocenters. The Bertz CT molecular complexity index is 1440. The van der Waals surface area contributed by atoms with Crippen LogP contribution in [0.4, 0.5) is 0 Å². The lowest BCUT2D eigenvalue weighted by Crippen LogP contribution is -2.41. The van der Waals surface area contributed by atoms with Crippen molar-refractivity contribution < 1.29 is 14.3 Å².